The van der Waals surface area contributed by atoms with Gasteiger partial charge < -0.3 is 4.74 Å². The first-order chi connectivity index (χ1) is 8.66. The molecule has 0 saturated heterocycles. The third-order valence-electron chi connectivity index (χ3n) is 2.75. The monoisotopic (exact) mass is 243 g/mol. The number of halogens is 1. The zero-order chi connectivity index (χ0) is 13.0. The Morgan fingerprint density at radius 3 is 2.50 bits per heavy atom. The second-order valence-electron chi connectivity index (χ2n) is 4.48. The van der Waals surface area contributed by atoms with Crippen LogP contribution in [0.4, 0.5) is 4.39 Å². The van der Waals surface area contributed by atoms with E-state index in [0.717, 1.165) is 5.56 Å². The lowest BCUT2D eigenvalue weighted by atomic mass is 9.49. The smallest absolute Gasteiger partial charge is 0.173 e. The van der Waals surface area contributed by atoms with E-state index in [1.165, 1.54) is 6.07 Å². The minimum Gasteiger partial charge on any atom is -0.489 e. The van der Waals surface area contributed by atoms with Crippen LogP contribution in [0.3, 0.4) is 0 Å². The largest absolute Gasteiger partial charge is 0.489 e. The summed E-state index contributed by atoms with van der Waals surface area (Å²) in [5.41, 5.74) is 1.73. The molecule has 0 unspecified atom stereocenters. The molecular weight excluding hydrogens is 228 g/mol. The number of aromatic nitrogens is 1. The predicted molar refractivity (Wildman–Crippen MR) is 72.1 cm³/mol. The third-order valence-corrected chi connectivity index (χ3v) is 2.75. The molecule has 0 aliphatic carbocycles. The average molecular weight is 243 g/mol. The summed E-state index contributed by atoms with van der Waals surface area (Å²) < 4.78 is 19.3. The van der Waals surface area contributed by atoms with Crippen LogP contribution >= 0.6 is 0 Å². The number of nitrogens with zero attached hydrogens (tertiary/aromatic N) is 1. The Hall–Kier alpha value is -1.84. The van der Waals surface area contributed by atoms with Gasteiger partial charge in [-0.3, -0.25) is 4.98 Å². The molecule has 0 N–H and O–H groups in total. The highest BCUT2D eigenvalue weighted by Gasteiger charge is 2.10. The van der Waals surface area contributed by atoms with E-state index in [4.69, 9.17) is 4.74 Å². The summed E-state index contributed by atoms with van der Waals surface area (Å²) in [6.07, 6.45) is 3.42. The van der Waals surface area contributed by atoms with Crippen molar-refractivity contribution in [1.29, 1.82) is 0 Å². The summed E-state index contributed by atoms with van der Waals surface area (Å²) in [5.74, 6) is 0.339. The van der Waals surface area contributed by atoms with Gasteiger partial charge in [0, 0.05) is 18.5 Å². The normalized spacial score (nSPS) is 10.2. The standard InChI is InChI=1S/C14H15BFNO/c1-15(2)13-4-3-12(9-14(13)16)18-10-11-5-7-17-8-6-11/h3-9H,10H2,1-2H3. The predicted octanol–water partition coefficient (Wildman–Crippen LogP) is 2.76. The maximum atomic E-state index is 13.7. The van der Waals surface area contributed by atoms with Gasteiger partial charge in [-0.2, -0.15) is 0 Å². The molecule has 1 aromatic heterocycles. The molecule has 0 aliphatic rings. The molecule has 0 aliphatic heterocycles. The van der Waals surface area contributed by atoms with E-state index in [1.54, 1.807) is 24.5 Å². The third kappa shape index (κ3) is 3.09. The number of rotatable bonds is 4. The summed E-state index contributed by atoms with van der Waals surface area (Å²) in [4.78, 5) is 3.93. The van der Waals surface area contributed by atoms with E-state index in [1.807, 2.05) is 25.8 Å². The highest BCUT2D eigenvalue weighted by atomic mass is 19.1. The van der Waals surface area contributed by atoms with E-state index in [0.29, 0.717) is 17.8 Å². The van der Waals surface area contributed by atoms with E-state index >= 15 is 0 Å². The SMILES string of the molecule is CB(C)c1ccc(OCc2ccncc2)cc1F. The molecule has 2 nitrogen and oxygen atoms in total. The Bertz CT molecular complexity index is 516. The van der Waals surface area contributed by atoms with Gasteiger partial charge in [0.1, 0.15) is 18.2 Å². The van der Waals surface area contributed by atoms with Crippen molar-refractivity contribution in [3.8, 4) is 5.75 Å². The van der Waals surface area contributed by atoms with Crippen molar-refractivity contribution in [2.75, 3.05) is 0 Å². The van der Waals surface area contributed by atoms with E-state index in [-0.39, 0.29) is 12.5 Å². The van der Waals surface area contributed by atoms with Crippen LogP contribution in [0.25, 0.3) is 0 Å². The molecule has 2 rings (SSSR count). The number of ether oxygens (including phenoxy) is 1. The molecule has 0 amide bonds. The molecular formula is C14H15BFNO. The van der Waals surface area contributed by atoms with Crippen molar-refractivity contribution in [3.05, 3.63) is 54.1 Å². The molecule has 18 heavy (non-hydrogen) atoms. The Morgan fingerprint density at radius 2 is 1.89 bits per heavy atom. The topological polar surface area (TPSA) is 22.1 Å². The molecule has 92 valence electrons. The maximum Gasteiger partial charge on any atom is 0.173 e. The van der Waals surface area contributed by atoms with Gasteiger partial charge in [0.25, 0.3) is 0 Å². The molecule has 0 spiro atoms. The first-order valence-electron chi connectivity index (χ1n) is 5.98. The Morgan fingerprint density at radius 1 is 1.17 bits per heavy atom. The fourth-order valence-electron chi connectivity index (χ4n) is 1.71. The van der Waals surface area contributed by atoms with Gasteiger partial charge in [-0.1, -0.05) is 19.7 Å². The molecule has 0 atom stereocenters. The fourth-order valence-corrected chi connectivity index (χ4v) is 1.71. The summed E-state index contributed by atoms with van der Waals surface area (Å²) in [6.45, 7) is 4.54. The number of hydrogen-bond donors (Lipinski definition) is 0. The van der Waals surface area contributed by atoms with Crippen molar-refractivity contribution in [2.24, 2.45) is 0 Å². The van der Waals surface area contributed by atoms with Crippen LogP contribution in [-0.4, -0.2) is 11.7 Å². The first-order valence-corrected chi connectivity index (χ1v) is 5.98. The zero-order valence-electron chi connectivity index (χ0n) is 10.6. The van der Waals surface area contributed by atoms with E-state index in [2.05, 4.69) is 4.98 Å². The van der Waals surface area contributed by atoms with Gasteiger partial charge in [-0.05, 0) is 29.2 Å². The van der Waals surface area contributed by atoms with Crippen molar-refractivity contribution in [3.63, 3.8) is 0 Å². The fraction of sp³-hybridized carbons (Fsp3) is 0.214. The Kier molecular flexibility index (Phi) is 3.97. The molecule has 1 aromatic carbocycles. The van der Waals surface area contributed by atoms with Crippen LogP contribution in [0.1, 0.15) is 5.56 Å². The van der Waals surface area contributed by atoms with Crippen molar-refractivity contribution >= 4 is 12.2 Å². The molecule has 2 aromatic rings. The number of pyridine rings is 1. The lowest BCUT2D eigenvalue weighted by molar-refractivity contribution is 0.304. The molecule has 0 bridgehead atoms. The quantitative estimate of drug-likeness (QED) is 0.770. The highest BCUT2D eigenvalue weighted by Crippen LogP contribution is 2.13. The lowest BCUT2D eigenvalue weighted by Crippen LogP contribution is -2.25. The Labute approximate surface area is 107 Å². The first kappa shape index (κ1) is 12.6. The van der Waals surface area contributed by atoms with Crippen LogP contribution in [0.2, 0.25) is 13.6 Å². The van der Waals surface area contributed by atoms with Gasteiger partial charge in [-0.25, -0.2) is 4.39 Å². The Balaban J connectivity index is 2.05. The maximum absolute atomic E-state index is 13.7. The number of benzene rings is 1. The van der Waals surface area contributed by atoms with Crippen LogP contribution in [0, 0.1) is 5.82 Å². The summed E-state index contributed by atoms with van der Waals surface area (Å²) in [6, 6.07) is 8.77. The van der Waals surface area contributed by atoms with Crippen LogP contribution in [0.5, 0.6) is 5.75 Å². The highest BCUT2D eigenvalue weighted by molar-refractivity contribution is 6.70. The van der Waals surface area contributed by atoms with Gasteiger partial charge in [0.15, 0.2) is 6.71 Å². The van der Waals surface area contributed by atoms with Gasteiger partial charge >= 0.3 is 0 Å². The van der Waals surface area contributed by atoms with Gasteiger partial charge in [0.2, 0.25) is 0 Å². The molecule has 0 fully saturated rings. The second kappa shape index (κ2) is 5.67. The van der Waals surface area contributed by atoms with Gasteiger partial charge in [0.05, 0.1) is 0 Å². The van der Waals surface area contributed by atoms with Crippen LogP contribution in [0.15, 0.2) is 42.7 Å². The lowest BCUT2D eigenvalue weighted by Gasteiger charge is -2.09. The van der Waals surface area contributed by atoms with E-state index in [9.17, 15) is 4.39 Å². The summed E-state index contributed by atoms with van der Waals surface area (Å²) in [5, 5.41) is 0. The van der Waals surface area contributed by atoms with Crippen LogP contribution < -0.4 is 10.2 Å². The van der Waals surface area contributed by atoms with Crippen LogP contribution in [-0.2, 0) is 6.61 Å². The minimum absolute atomic E-state index is 0.180. The van der Waals surface area contributed by atoms with Crippen molar-refractivity contribution in [2.45, 2.75) is 20.3 Å². The van der Waals surface area contributed by atoms with Gasteiger partial charge in [-0.15, -0.1) is 0 Å². The van der Waals surface area contributed by atoms with E-state index < -0.39 is 0 Å². The molecule has 0 radical (unpaired) electrons. The van der Waals surface area contributed by atoms with Crippen molar-refractivity contribution < 1.29 is 9.13 Å². The molecule has 0 saturated carbocycles. The second-order valence-corrected chi connectivity index (χ2v) is 4.48. The minimum atomic E-state index is -0.211. The summed E-state index contributed by atoms with van der Waals surface area (Å²) in [7, 11) is 0. The summed E-state index contributed by atoms with van der Waals surface area (Å²) >= 11 is 0. The number of hydrogen-bond acceptors (Lipinski definition) is 2. The average Bonchev–Trinajstić information content (AvgIpc) is 2.37. The molecule has 1 heterocycles. The van der Waals surface area contributed by atoms with Crippen molar-refractivity contribution in [1.82, 2.24) is 4.98 Å². The zero-order valence-corrected chi connectivity index (χ0v) is 10.6. The molecule has 4 heteroatoms.